The van der Waals surface area contributed by atoms with E-state index in [2.05, 4.69) is 5.32 Å². The van der Waals surface area contributed by atoms with Crippen molar-refractivity contribution in [2.24, 2.45) is 5.92 Å². The van der Waals surface area contributed by atoms with Gasteiger partial charge in [-0.05, 0) is 30.0 Å². The molecule has 0 aliphatic rings. The van der Waals surface area contributed by atoms with Crippen molar-refractivity contribution in [3.63, 3.8) is 0 Å². The van der Waals surface area contributed by atoms with Gasteiger partial charge in [0.05, 0.1) is 0 Å². The van der Waals surface area contributed by atoms with Crippen LogP contribution in [0.5, 0.6) is 11.5 Å². The summed E-state index contributed by atoms with van der Waals surface area (Å²) < 4.78 is 0. The number of carbonyl (C=O) groups is 1. The first-order valence-electron chi connectivity index (χ1n) is 5.76. The van der Waals surface area contributed by atoms with Crippen LogP contribution in [0.25, 0.3) is 0 Å². The number of phenols is 2. The molecule has 1 amide bonds. The van der Waals surface area contributed by atoms with E-state index >= 15 is 0 Å². The smallest absolute Gasteiger partial charge is 0.220 e. The van der Waals surface area contributed by atoms with E-state index in [1.807, 2.05) is 13.8 Å². The van der Waals surface area contributed by atoms with Crippen LogP contribution >= 0.6 is 0 Å². The van der Waals surface area contributed by atoms with E-state index in [0.29, 0.717) is 25.3 Å². The van der Waals surface area contributed by atoms with Crippen LogP contribution in [0, 0.1) is 5.92 Å². The van der Waals surface area contributed by atoms with Gasteiger partial charge in [0.2, 0.25) is 5.91 Å². The molecule has 0 aromatic heterocycles. The highest BCUT2D eigenvalue weighted by Crippen LogP contribution is 2.24. The Balaban J connectivity index is 2.36. The molecule has 1 aromatic rings. The molecule has 0 fully saturated rings. The lowest BCUT2D eigenvalue weighted by molar-refractivity contribution is -0.121. The Hall–Kier alpha value is -1.71. The highest BCUT2D eigenvalue weighted by Gasteiger charge is 2.04. The Kier molecular flexibility index (Phi) is 4.82. The maximum absolute atomic E-state index is 11.4. The lowest BCUT2D eigenvalue weighted by Crippen LogP contribution is -2.26. The molecule has 4 nitrogen and oxygen atoms in total. The first-order valence-corrected chi connectivity index (χ1v) is 5.76. The van der Waals surface area contributed by atoms with Gasteiger partial charge in [0.15, 0.2) is 11.5 Å². The summed E-state index contributed by atoms with van der Waals surface area (Å²) in [5.74, 6) is 0.143. The lowest BCUT2D eigenvalue weighted by Gasteiger charge is -2.07. The number of hydrogen-bond acceptors (Lipinski definition) is 3. The first kappa shape index (κ1) is 13.4. The first-order chi connectivity index (χ1) is 7.99. The quantitative estimate of drug-likeness (QED) is 0.684. The third-order valence-electron chi connectivity index (χ3n) is 2.37. The molecule has 4 heteroatoms. The van der Waals surface area contributed by atoms with Crippen LogP contribution in [0.15, 0.2) is 18.2 Å². The van der Waals surface area contributed by atoms with Crippen molar-refractivity contribution in [2.75, 3.05) is 6.54 Å². The summed E-state index contributed by atoms with van der Waals surface area (Å²) in [6.45, 7) is 4.53. The number of aromatic hydroxyl groups is 2. The summed E-state index contributed by atoms with van der Waals surface area (Å²) in [6.07, 6.45) is 1.17. The monoisotopic (exact) mass is 237 g/mol. The number of benzene rings is 1. The van der Waals surface area contributed by atoms with Crippen molar-refractivity contribution in [3.8, 4) is 11.5 Å². The van der Waals surface area contributed by atoms with Gasteiger partial charge in [-0.2, -0.15) is 0 Å². The molecule has 0 saturated carbocycles. The van der Waals surface area contributed by atoms with Crippen molar-refractivity contribution < 1.29 is 15.0 Å². The molecule has 0 radical (unpaired) electrons. The molecule has 0 bridgehead atoms. The zero-order valence-electron chi connectivity index (χ0n) is 10.2. The molecule has 0 aliphatic carbocycles. The number of hydrogen-bond donors (Lipinski definition) is 3. The molecule has 1 aromatic carbocycles. The molecule has 0 saturated heterocycles. The Labute approximate surface area is 101 Å². The summed E-state index contributed by atoms with van der Waals surface area (Å²) in [5, 5.41) is 21.2. The van der Waals surface area contributed by atoms with Crippen molar-refractivity contribution in [2.45, 2.75) is 26.7 Å². The molecule has 17 heavy (non-hydrogen) atoms. The average molecular weight is 237 g/mol. The summed E-state index contributed by atoms with van der Waals surface area (Å²) in [6, 6.07) is 4.67. The fourth-order valence-electron chi connectivity index (χ4n) is 1.51. The van der Waals surface area contributed by atoms with E-state index in [9.17, 15) is 9.90 Å². The number of nitrogens with one attached hydrogen (secondary N) is 1. The van der Waals surface area contributed by atoms with Crippen LogP contribution in [0.2, 0.25) is 0 Å². The number of rotatable bonds is 5. The number of phenolic OH excluding ortho intramolecular Hbond substituents is 2. The van der Waals surface area contributed by atoms with Gasteiger partial charge >= 0.3 is 0 Å². The maximum atomic E-state index is 11.4. The Bertz CT molecular complexity index is 388. The van der Waals surface area contributed by atoms with E-state index in [1.54, 1.807) is 6.07 Å². The number of carbonyl (C=O) groups excluding carboxylic acids is 1. The van der Waals surface area contributed by atoms with Crippen LogP contribution in [0.4, 0.5) is 0 Å². The Morgan fingerprint density at radius 1 is 1.29 bits per heavy atom. The van der Waals surface area contributed by atoms with Gasteiger partial charge in [-0.15, -0.1) is 0 Å². The predicted molar refractivity (Wildman–Crippen MR) is 65.9 cm³/mol. The Morgan fingerprint density at radius 2 is 2.00 bits per heavy atom. The highest BCUT2D eigenvalue weighted by molar-refractivity contribution is 5.76. The normalized spacial score (nSPS) is 10.5. The largest absolute Gasteiger partial charge is 0.504 e. The lowest BCUT2D eigenvalue weighted by atomic mass is 10.1. The zero-order chi connectivity index (χ0) is 12.8. The predicted octanol–water partition coefficient (Wildman–Crippen LogP) is 1.80. The van der Waals surface area contributed by atoms with Gasteiger partial charge in [-0.1, -0.05) is 19.9 Å². The third kappa shape index (κ3) is 4.76. The second-order valence-corrected chi connectivity index (χ2v) is 4.52. The molecule has 0 heterocycles. The summed E-state index contributed by atoms with van der Waals surface area (Å²) in [7, 11) is 0. The van der Waals surface area contributed by atoms with Crippen LogP contribution in [-0.2, 0) is 11.2 Å². The molecule has 94 valence electrons. The summed E-state index contributed by atoms with van der Waals surface area (Å²) >= 11 is 0. The van der Waals surface area contributed by atoms with Crippen molar-refractivity contribution >= 4 is 5.91 Å². The van der Waals surface area contributed by atoms with Gasteiger partial charge in [0.1, 0.15) is 0 Å². The fraction of sp³-hybridized carbons (Fsp3) is 0.462. The van der Waals surface area contributed by atoms with E-state index in [1.165, 1.54) is 12.1 Å². The van der Waals surface area contributed by atoms with Gasteiger partial charge in [-0.25, -0.2) is 0 Å². The van der Waals surface area contributed by atoms with Crippen molar-refractivity contribution in [1.29, 1.82) is 0 Å². The van der Waals surface area contributed by atoms with Crippen LogP contribution in [0.3, 0.4) is 0 Å². The van der Waals surface area contributed by atoms with Crippen molar-refractivity contribution in [3.05, 3.63) is 23.8 Å². The minimum Gasteiger partial charge on any atom is -0.504 e. The Morgan fingerprint density at radius 3 is 2.59 bits per heavy atom. The van der Waals surface area contributed by atoms with E-state index in [0.717, 1.165) is 5.56 Å². The van der Waals surface area contributed by atoms with Crippen LogP contribution < -0.4 is 5.32 Å². The van der Waals surface area contributed by atoms with Crippen molar-refractivity contribution in [1.82, 2.24) is 5.32 Å². The summed E-state index contributed by atoms with van der Waals surface area (Å²) in [5.41, 5.74) is 0.880. The van der Waals surface area contributed by atoms with Crippen LogP contribution in [-0.4, -0.2) is 22.7 Å². The molecule has 0 unspecified atom stereocenters. The molecule has 3 N–H and O–H groups in total. The fourth-order valence-corrected chi connectivity index (χ4v) is 1.51. The average Bonchev–Trinajstić information content (AvgIpc) is 2.22. The van der Waals surface area contributed by atoms with E-state index < -0.39 is 0 Å². The van der Waals surface area contributed by atoms with Gasteiger partial charge in [0, 0.05) is 13.0 Å². The molecule has 0 atom stereocenters. The standard InChI is InChI=1S/C13H19NO3/c1-9(2)7-13(17)14-6-5-10-3-4-11(15)12(16)8-10/h3-4,8-9,15-16H,5-7H2,1-2H3,(H,14,17). The minimum absolute atomic E-state index is 0.0444. The topological polar surface area (TPSA) is 69.6 Å². The SMILES string of the molecule is CC(C)CC(=O)NCCc1ccc(O)c(O)c1. The molecule has 0 spiro atoms. The molecular weight excluding hydrogens is 218 g/mol. The molecule has 0 aliphatic heterocycles. The van der Waals surface area contributed by atoms with Gasteiger partial charge in [-0.3, -0.25) is 4.79 Å². The maximum Gasteiger partial charge on any atom is 0.220 e. The zero-order valence-corrected chi connectivity index (χ0v) is 10.2. The molecular formula is C13H19NO3. The second kappa shape index (κ2) is 6.13. The minimum atomic E-state index is -0.129. The summed E-state index contributed by atoms with van der Waals surface area (Å²) in [4.78, 5) is 11.4. The van der Waals surface area contributed by atoms with Crippen LogP contribution in [0.1, 0.15) is 25.8 Å². The number of amides is 1. The highest BCUT2D eigenvalue weighted by atomic mass is 16.3. The van der Waals surface area contributed by atoms with E-state index in [-0.39, 0.29) is 17.4 Å². The van der Waals surface area contributed by atoms with Gasteiger partial charge < -0.3 is 15.5 Å². The third-order valence-corrected chi connectivity index (χ3v) is 2.37. The van der Waals surface area contributed by atoms with Gasteiger partial charge in [0.25, 0.3) is 0 Å². The van der Waals surface area contributed by atoms with E-state index in [4.69, 9.17) is 5.11 Å². The second-order valence-electron chi connectivity index (χ2n) is 4.52. The molecule has 1 rings (SSSR count).